The van der Waals surface area contributed by atoms with E-state index in [1.807, 2.05) is 85.5 Å². The van der Waals surface area contributed by atoms with Crippen LogP contribution < -0.4 is 5.32 Å². The maximum absolute atomic E-state index is 13.2. The fourth-order valence-electron chi connectivity index (χ4n) is 4.69. The van der Waals surface area contributed by atoms with Gasteiger partial charge in [0, 0.05) is 48.0 Å². The average molecular weight is 482 g/mol. The van der Waals surface area contributed by atoms with Crippen LogP contribution in [0.5, 0.6) is 0 Å². The van der Waals surface area contributed by atoms with E-state index < -0.39 is 0 Å². The van der Waals surface area contributed by atoms with Gasteiger partial charge in [-0.3, -0.25) is 4.79 Å². The molecule has 2 aromatic carbocycles. The monoisotopic (exact) mass is 481 g/mol. The van der Waals surface area contributed by atoms with Crippen molar-refractivity contribution >= 4 is 23.1 Å². The summed E-state index contributed by atoms with van der Waals surface area (Å²) in [7, 11) is 0. The summed E-state index contributed by atoms with van der Waals surface area (Å²) >= 11 is 0. The summed E-state index contributed by atoms with van der Waals surface area (Å²) in [4.78, 5) is 19.9. The normalized spacial score (nSPS) is 15.6. The van der Waals surface area contributed by atoms with Gasteiger partial charge in [0.15, 0.2) is 5.65 Å². The number of hydrogen-bond acceptors (Lipinski definition) is 5. The molecular formula is C29H31N5O2. The number of rotatable bonds is 7. The standard InChI is InChI=1S/C29H31N5O2/c1-4-36-21(3)24-11-8-16-33(19-24)29(35)23-12-14-25(15-13-23)30-28-18-26(22-9-6-5-7-10-22)31-27-17-20(2)32-34(27)28/h5-7,9-10,12-15,17-18,24,30H,3-4,8,11,16,19H2,1-2H3. The van der Waals surface area contributed by atoms with E-state index in [2.05, 4.69) is 17.0 Å². The van der Waals surface area contributed by atoms with Crippen LogP contribution in [0.3, 0.4) is 0 Å². The maximum atomic E-state index is 13.2. The number of ether oxygens (including phenoxy) is 1. The minimum absolute atomic E-state index is 0.0379. The van der Waals surface area contributed by atoms with Crippen LogP contribution in [-0.4, -0.2) is 45.1 Å². The number of nitrogens with one attached hydrogen (secondary N) is 1. The van der Waals surface area contributed by atoms with Crippen LogP contribution in [0.25, 0.3) is 16.9 Å². The lowest BCUT2D eigenvalue weighted by atomic mass is 9.96. The number of likely N-dealkylation sites (tertiary alicyclic amines) is 1. The topological polar surface area (TPSA) is 71.8 Å². The molecule has 0 spiro atoms. The Kier molecular flexibility index (Phi) is 6.71. The largest absolute Gasteiger partial charge is 0.498 e. The highest BCUT2D eigenvalue weighted by atomic mass is 16.5. The van der Waals surface area contributed by atoms with E-state index in [1.54, 1.807) is 4.52 Å². The third-order valence-corrected chi connectivity index (χ3v) is 6.52. The molecule has 1 aliphatic rings. The molecule has 1 N–H and O–H groups in total. The SMILES string of the molecule is C=C(OCC)C1CCCN(C(=O)c2ccc(Nc3cc(-c4ccccc4)nc4cc(C)nn34)cc2)C1. The zero-order valence-electron chi connectivity index (χ0n) is 20.8. The molecule has 4 aromatic rings. The second-order valence-electron chi connectivity index (χ2n) is 9.14. The molecule has 1 fully saturated rings. The highest BCUT2D eigenvalue weighted by Crippen LogP contribution is 2.27. The number of carbonyl (C=O) groups is 1. The molecule has 0 saturated carbocycles. The molecule has 1 amide bonds. The number of carbonyl (C=O) groups excluding carboxylic acids is 1. The first kappa shape index (κ1) is 23.6. The summed E-state index contributed by atoms with van der Waals surface area (Å²) in [5.74, 6) is 1.81. The smallest absolute Gasteiger partial charge is 0.253 e. The molecule has 1 saturated heterocycles. The van der Waals surface area contributed by atoms with Crippen molar-refractivity contribution in [3.05, 3.63) is 90.3 Å². The molecule has 7 nitrogen and oxygen atoms in total. The van der Waals surface area contributed by atoms with Crippen molar-refractivity contribution in [2.75, 3.05) is 25.0 Å². The second kappa shape index (κ2) is 10.2. The van der Waals surface area contributed by atoms with Crippen molar-refractivity contribution in [2.24, 2.45) is 5.92 Å². The lowest BCUT2D eigenvalue weighted by molar-refractivity contribution is 0.0646. The predicted octanol–water partition coefficient (Wildman–Crippen LogP) is 5.85. The van der Waals surface area contributed by atoms with Crippen LogP contribution in [0.15, 0.2) is 79.1 Å². The average Bonchev–Trinajstić information content (AvgIpc) is 3.30. The number of nitrogens with zero attached hydrogens (tertiary/aromatic N) is 4. The van der Waals surface area contributed by atoms with E-state index in [1.165, 1.54) is 0 Å². The molecule has 0 bridgehead atoms. The Bertz CT molecular complexity index is 1380. The van der Waals surface area contributed by atoms with Gasteiger partial charge in [0.25, 0.3) is 5.91 Å². The Morgan fingerprint density at radius 1 is 1.14 bits per heavy atom. The highest BCUT2D eigenvalue weighted by Gasteiger charge is 2.26. The molecule has 1 unspecified atom stereocenters. The minimum Gasteiger partial charge on any atom is -0.498 e. The number of aromatic nitrogens is 3. The van der Waals surface area contributed by atoms with Gasteiger partial charge in [-0.15, -0.1) is 0 Å². The van der Waals surface area contributed by atoms with E-state index >= 15 is 0 Å². The summed E-state index contributed by atoms with van der Waals surface area (Å²) in [6.07, 6.45) is 1.96. The zero-order chi connectivity index (χ0) is 25.1. The van der Waals surface area contributed by atoms with Crippen LogP contribution in [0, 0.1) is 12.8 Å². The van der Waals surface area contributed by atoms with Gasteiger partial charge in [-0.25, -0.2) is 4.98 Å². The second-order valence-corrected chi connectivity index (χ2v) is 9.14. The summed E-state index contributed by atoms with van der Waals surface area (Å²) in [6, 6.07) is 21.6. The number of aryl methyl sites for hydroxylation is 1. The first-order valence-corrected chi connectivity index (χ1v) is 12.4. The predicted molar refractivity (Wildman–Crippen MR) is 142 cm³/mol. The summed E-state index contributed by atoms with van der Waals surface area (Å²) < 4.78 is 7.41. The summed E-state index contributed by atoms with van der Waals surface area (Å²) in [6.45, 7) is 9.97. The van der Waals surface area contributed by atoms with Gasteiger partial charge in [0.2, 0.25) is 0 Å². The number of fused-ring (bicyclic) bond motifs is 1. The lowest BCUT2D eigenvalue weighted by Crippen LogP contribution is -2.40. The van der Waals surface area contributed by atoms with Crippen molar-refractivity contribution in [2.45, 2.75) is 26.7 Å². The Morgan fingerprint density at radius 3 is 2.67 bits per heavy atom. The van der Waals surface area contributed by atoms with E-state index in [0.717, 1.165) is 59.2 Å². The molecule has 1 atom stereocenters. The van der Waals surface area contributed by atoms with Crippen molar-refractivity contribution in [3.8, 4) is 11.3 Å². The van der Waals surface area contributed by atoms with Crippen molar-refractivity contribution in [1.82, 2.24) is 19.5 Å². The first-order valence-electron chi connectivity index (χ1n) is 12.4. The molecular weight excluding hydrogens is 450 g/mol. The van der Waals surface area contributed by atoms with Crippen molar-refractivity contribution < 1.29 is 9.53 Å². The number of anilines is 2. The van der Waals surface area contributed by atoms with Gasteiger partial charge in [-0.2, -0.15) is 9.61 Å². The Hall–Kier alpha value is -4.13. The van der Waals surface area contributed by atoms with Crippen LogP contribution in [0.2, 0.25) is 0 Å². The summed E-state index contributed by atoms with van der Waals surface area (Å²) in [5, 5.41) is 8.06. The molecule has 0 radical (unpaired) electrons. The molecule has 36 heavy (non-hydrogen) atoms. The molecule has 5 rings (SSSR count). The first-order chi connectivity index (χ1) is 17.5. The molecule has 0 aliphatic carbocycles. The van der Waals surface area contributed by atoms with Crippen LogP contribution in [-0.2, 0) is 4.74 Å². The van der Waals surface area contributed by atoms with Gasteiger partial charge in [0.1, 0.15) is 5.82 Å². The maximum Gasteiger partial charge on any atom is 0.253 e. The van der Waals surface area contributed by atoms with Crippen LogP contribution >= 0.6 is 0 Å². The van der Waals surface area contributed by atoms with Gasteiger partial charge >= 0.3 is 0 Å². The van der Waals surface area contributed by atoms with Crippen molar-refractivity contribution in [1.29, 1.82) is 0 Å². The number of amides is 1. The van der Waals surface area contributed by atoms with E-state index in [4.69, 9.17) is 9.72 Å². The molecule has 2 aromatic heterocycles. The van der Waals surface area contributed by atoms with Gasteiger partial charge in [0.05, 0.1) is 23.8 Å². The Morgan fingerprint density at radius 2 is 1.92 bits per heavy atom. The third kappa shape index (κ3) is 4.96. The van der Waals surface area contributed by atoms with Crippen LogP contribution in [0.4, 0.5) is 11.5 Å². The van der Waals surface area contributed by atoms with E-state index in [9.17, 15) is 4.79 Å². The van der Waals surface area contributed by atoms with Gasteiger partial charge in [-0.1, -0.05) is 36.9 Å². The number of benzene rings is 2. The quantitative estimate of drug-likeness (QED) is 0.335. The third-order valence-electron chi connectivity index (χ3n) is 6.52. The molecule has 184 valence electrons. The fraction of sp³-hybridized carbons (Fsp3) is 0.276. The van der Waals surface area contributed by atoms with Gasteiger partial charge < -0.3 is 15.0 Å². The number of hydrogen-bond donors (Lipinski definition) is 1. The van der Waals surface area contributed by atoms with E-state index in [-0.39, 0.29) is 11.8 Å². The Labute approximate surface area is 211 Å². The minimum atomic E-state index is 0.0379. The van der Waals surface area contributed by atoms with E-state index in [0.29, 0.717) is 18.7 Å². The van der Waals surface area contributed by atoms with Crippen LogP contribution in [0.1, 0.15) is 35.8 Å². The fourth-order valence-corrected chi connectivity index (χ4v) is 4.69. The molecule has 3 heterocycles. The Balaban J connectivity index is 1.35. The number of piperidine rings is 1. The zero-order valence-corrected chi connectivity index (χ0v) is 20.8. The summed E-state index contributed by atoms with van der Waals surface area (Å²) in [5.41, 5.74) is 5.11. The van der Waals surface area contributed by atoms with Gasteiger partial charge in [-0.05, 0) is 51.0 Å². The lowest BCUT2D eigenvalue weighted by Gasteiger charge is -2.33. The molecule has 1 aliphatic heterocycles. The van der Waals surface area contributed by atoms with Crippen molar-refractivity contribution in [3.63, 3.8) is 0 Å². The highest BCUT2D eigenvalue weighted by molar-refractivity contribution is 5.94. The molecule has 7 heteroatoms.